The minimum atomic E-state index is -5.34. The van der Waals surface area contributed by atoms with E-state index in [1.807, 2.05) is 0 Å². The van der Waals surface area contributed by atoms with E-state index in [0.29, 0.717) is 23.8 Å². The lowest BCUT2D eigenvalue weighted by atomic mass is 10.1. The highest BCUT2D eigenvalue weighted by Gasteiger charge is 2.27. The van der Waals surface area contributed by atoms with Crippen molar-refractivity contribution in [3.05, 3.63) is 72.3 Å². The number of nitrogens with zero attached hydrogens (tertiary/aromatic N) is 7. The van der Waals surface area contributed by atoms with Crippen LogP contribution in [0.25, 0.3) is 10.8 Å². The fraction of sp³-hybridized carbons (Fsp3) is 0.135. The maximum absolute atomic E-state index is 13.2. The molecule has 0 atom stereocenters. The predicted octanol–water partition coefficient (Wildman–Crippen LogP) is 7.19. The molecule has 6 aromatic rings. The SMILES string of the molecule is COc1cc(S(=O)(=O)CCOS(=O)(=O)O)ccc1Nc1nc(Nc2ccc3c(O)c(N=Nc4cc(C)c(N=Nc5cc(SOOO)ccc5S(=O)(=O)O)cc4O)c(SOOO)cc3c2S(=O)(=O)O)nc(SCC(=O)O)n1. The van der Waals surface area contributed by atoms with Crippen LogP contribution in [-0.2, 0) is 68.2 Å². The quantitative estimate of drug-likeness (QED) is 0.00676. The van der Waals surface area contributed by atoms with Crippen molar-refractivity contribution in [1.82, 2.24) is 15.0 Å². The smallest absolute Gasteiger partial charge is 0.397 e. The number of carboxylic acids is 1. The summed E-state index contributed by atoms with van der Waals surface area (Å²) in [5, 5.41) is 76.6. The Labute approximate surface area is 439 Å². The van der Waals surface area contributed by atoms with Gasteiger partial charge in [-0.05, 0) is 67.1 Å². The zero-order valence-electron chi connectivity index (χ0n) is 37.7. The van der Waals surface area contributed by atoms with Gasteiger partial charge in [0, 0.05) is 27.8 Å². The van der Waals surface area contributed by atoms with E-state index >= 15 is 0 Å². The Morgan fingerprint density at radius 2 is 1.36 bits per heavy atom. The third-order valence-corrected chi connectivity index (χ3v) is 15.4. The van der Waals surface area contributed by atoms with Gasteiger partial charge in [0.15, 0.2) is 20.7 Å². The molecule has 5 aromatic carbocycles. The first-order chi connectivity index (χ1) is 35.7. The fourth-order valence-electron chi connectivity index (χ4n) is 6.19. The number of ether oxygens (including phenoxy) is 1. The number of anilines is 4. The van der Waals surface area contributed by atoms with Gasteiger partial charge in [0.1, 0.15) is 38.4 Å². The van der Waals surface area contributed by atoms with E-state index in [2.05, 4.69) is 69.0 Å². The van der Waals surface area contributed by atoms with Crippen molar-refractivity contribution in [2.75, 3.05) is 35.9 Å². The van der Waals surface area contributed by atoms with Gasteiger partial charge in [-0.2, -0.15) is 45.3 Å². The van der Waals surface area contributed by atoms with Crippen LogP contribution in [0.1, 0.15) is 5.56 Å². The summed E-state index contributed by atoms with van der Waals surface area (Å²) >= 11 is 1.18. The maximum Gasteiger partial charge on any atom is 0.397 e. The Hall–Kier alpha value is -6.51. The number of benzene rings is 5. The van der Waals surface area contributed by atoms with Crippen LogP contribution in [0.2, 0.25) is 0 Å². The van der Waals surface area contributed by atoms with Gasteiger partial charge in [0.2, 0.25) is 11.9 Å². The first-order valence-electron chi connectivity index (χ1n) is 19.8. The maximum atomic E-state index is 13.2. The Bertz CT molecular complexity index is 3750. The van der Waals surface area contributed by atoms with E-state index in [9.17, 15) is 62.9 Å². The van der Waals surface area contributed by atoms with E-state index in [1.54, 1.807) is 0 Å². The van der Waals surface area contributed by atoms with Crippen molar-refractivity contribution < 1.29 is 106 Å². The normalized spacial score (nSPS) is 12.5. The molecule has 39 heteroatoms. The fourth-order valence-corrected chi connectivity index (χ4v) is 10.6. The Balaban J connectivity index is 1.37. The summed E-state index contributed by atoms with van der Waals surface area (Å²) in [5.41, 5.74) is -1.46. The monoisotopic (exact) mass is 1190 g/mol. The average molecular weight is 1200 g/mol. The molecular weight excluding hydrogens is 1160 g/mol. The topological polar surface area (TPSA) is 483 Å². The minimum absolute atomic E-state index is 0.00139. The van der Waals surface area contributed by atoms with Crippen LogP contribution in [0.4, 0.5) is 46.0 Å². The molecule has 0 saturated carbocycles. The molecule has 32 nitrogen and oxygen atoms in total. The van der Waals surface area contributed by atoms with E-state index in [1.165, 1.54) is 25.1 Å². The van der Waals surface area contributed by atoms with Crippen LogP contribution in [0.5, 0.6) is 17.2 Å². The molecule has 6 rings (SSSR count). The third kappa shape index (κ3) is 15.3. The molecule has 0 radical (unpaired) electrons. The van der Waals surface area contributed by atoms with Crippen LogP contribution < -0.4 is 15.4 Å². The number of nitrogens with one attached hydrogen (secondary N) is 2. The van der Waals surface area contributed by atoms with E-state index < -0.39 is 114 Å². The molecule has 0 saturated heterocycles. The van der Waals surface area contributed by atoms with Crippen LogP contribution in [0.3, 0.4) is 0 Å². The molecule has 1 heterocycles. The Morgan fingerprint density at radius 1 is 0.711 bits per heavy atom. The van der Waals surface area contributed by atoms with Crippen LogP contribution >= 0.6 is 35.8 Å². The third-order valence-electron chi connectivity index (χ3n) is 9.33. The molecule has 406 valence electrons. The molecule has 1 aromatic heterocycles. The molecule has 0 bridgehead atoms. The van der Waals surface area contributed by atoms with Crippen LogP contribution in [-0.4, -0.2) is 119 Å². The number of phenols is 2. The number of aromatic nitrogens is 3. The number of aliphatic carboxylic acids is 1. The molecular formula is C37H33N9O23S7. The Morgan fingerprint density at radius 3 is 1.99 bits per heavy atom. The number of thioether (sulfide) groups is 1. The second-order valence-electron chi connectivity index (χ2n) is 14.3. The lowest BCUT2D eigenvalue weighted by Gasteiger charge is -2.16. The van der Waals surface area contributed by atoms with Gasteiger partial charge >= 0.3 is 16.4 Å². The second kappa shape index (κ2) is 24.7. The average Bonchev–Trinajstić information content (AvgIpc) is 3.33. The highest BCUT2D eigenvalue weighted by molar-refractivity contribution is 7.99. The van der Waals surface area contributed by atoms with Crippen LogP contribution in [0.15, 0.2) is 117 Å². The number of carbonyl (C=O) groups is 1. The van der Waals surface area contributed by atoms with Gasteiger partial charge in [-0.3, -0.25) is 18.5 Å². The van der Waals surface area contributed by atoms with Gasteiger partial charge in [0.25, 0.3) is 20.2 Å². The van der Waals surface area contributed by atoms with Crippen molar-refractivity contribution in [1.29, 1.82) is 0 Å². The number of rotatable bonds is 25. The van der Waals surface area contributed by atoms with E-state index in [-0.39, 0.29) is 71.6 Å². The van der Waals surface area contributed by atoms with E-state index in [4.69, 9.17) is 19.8 Å². The number of methoxy groups -OCH3 is 1. The van der Waals surface area contributed by atoms with Crippen LogP contribution in [0, 0.1) is 6.92 Å². The number of aryl methyl sites for hydroxylation is 1. The van der Waals surface area contributed by atoms with E-state index in [0.717, 1.165) is 55.6 Å². The number of sulfone groups is 1. The summed E-state index contributed by atoms with van der Waals surface area (Å²) < 4.78 is 145. The van der Waals surface area contributed by atoms with Crippen molar-refractivity contribution >= 4 is 139 Å². The molecule has 0 fully saturated rings. The Kier molecular flexibility index (Phi) is 19.1. The number of aromatic hydroxyl groups is 2. The number of hydrogen-bond donors (Lipinski definition) is 10. The number of hydrogen-bond acceptors (Lipinski definition) is 31. The number of phenolic OH excluding ortho intramolecular Hbond substituents is 2. The lowest BCUT2D eigenvalue weighted by molar-refractivity contribution is -0.432. The van der Waals surface area contributed by atoms with Crippen molar-refractivity contribution in [3.8, 4) is 17.2 Å². The molecule has 0 unspecified atom stereocenters. The standard InChI is InChI=1S/C37H33N9O23S7/c1-17-11-25(27(47)15-24(17)43-45-26-12-18(71-68-66-51)3-8-30(26)74(55,56)57)44-46-32-29(72-69-67-52)14-21-20(33(32)50)5-7-23(34(21)75(58,59)60)39-36-40-35(41-37(42-36)70-16-31(48)49)38-22-6-4-19(13-28(22)64-2)73(53,54)10-9-65-76(61,62)63/h3-8,11-15,47,50-52H,9-10,16H2,1-2H3,(H,48,49)(H,55,56,57)(H,58,59,60)(H,61,62,63)(H2,38,39,40,41,42). The lowest BCUT2D eigenvalue weighted by Crippen LogP contribution is -2.15. The number of carboxylic acid groups (broad SMARTS) is 1. The summed E-state index contributed by atoms with van der Waals surface area (Å²) in [4.78, 5) is 21.8. The van der Waals surface area contributed by atoms with Gasteiger partial charge in [-0.1, -0.05) is 21.8 Å². The molecule has 0 spiro atoms. The zero-order chi connectivity index (χ0) is 55.8. The zero-order valence-corrected chi connectivity index (χ0v) is 43.4. The molecule has 0 aliphatic rings. The highest BCUT2D eigenvalue weighted by atomic mass is 32.3. The first kappa shape index (κ1) is 58.7. The van der Waals surface area contributed by atoms with Crippen molar-refractivity contribution in [3.63, 3.8) is 0 Å². The molecule has 10 N–H and O–H groups in total. The number of fused-ring (bicyclic) bond motifs is 1. The predicted molar refractivity (Wildman–Crippen MR) is 261 cm³/mol. The highest BCUT2D eigenvalue weighted by Crippen LogP contribution is 2.48. The van der Waals surface area contributed by atoms with Crippen molar-refractivity contribution in [2.45, 2.75) is 36.6 Å². The summed E-state index contributed by atoms with van der Waals surface area (Å²) in [6, 6.07) is 12.0. The molecule has 0 aliphatic carbocycles. The number of azo groups is 2. The summed E-state index contributed by atoms with van der Waals surface area (Å²) in [5.74, 6) is -5.23. The second-order valence-corrected chi connectivity index (χ2v) is 22.7. The summed E-state index contributed by atoms with van der Waals surface area (Å²) in [6.45, 7) is 0.548. The first-order valence-corrected chi connectivity index (χ1v) is 28.1. The molecule has 0 amide bonds. The van der Waals surface area contributed by atoms with Gasteiger partial charge in [-0.25, -0.2) is 23.1 Å². The van der Waals surface area contributed by atoms with Gasteiger partial charge < -0.3 is 30.7 Å². The largest absolute Gasteiger partial charge is 0.506 e. The molecule has 76 heavy (non-hydrogen) atoms. The summed E-state index contributed by atoms with van der Waals surface area (Å²) in [7, 11) is -18.2. The van der Waals surface area contributed by atoms with Gasteiger partial charge in [-0.15, -0.1) is 24.0 Å². The van der Waals surface area contributed by atoms with Crippen molar-refractivity contribution in [2.24, 2.45) is 20.5 Å². The summed E-state index contributed by atoms with van der Waals surface area (Å²) in [6.07, 6.45) is 0. The van der Waals surface area contributed by atoms with Gasteiger partial charge in [0.05, 0.1) is 76.2 Å². The molecule has 0 aliphatic heterocycles. The minimum Gasteiger partial charge on any atom is -0.506 e.